The van der Waals surface area contributed by atoms with E-state index in [1.807, 2.05) is 37.4 Å². The number of benzene rings is 1. The van der Waals surface area contributed by atoms with Crippen LogP contribution in [0.1, 0.15) is 24.3 Å². The molecule has 1 aliphatic heterocycles. The largest absolute Gasteiger partial charge is 0.320 e. The van der Waals surface area contributed by atoms with Gasteiger partial charge in [-0.15, -0.1) is 0 Å². The van der Waals surface area contributed by atoms with Crippen LogP contribution in [0.4, 0.5) is 0 Å². The highest BCUT2D eigenvalue weighted by molar-refractivity contribution is 6.06. The molecule has 1 aliphatic rings. The molecule has 1 saturated heterocycles. The SMILES string of the molecule is CNCCCN1C(=O)CC(c2ccccc2)C1=O. The first-order valence-electron chi connectivity index (χ1n) is 6.28. The summed E-state index contributed by atoms with van der Waals surface area (Å²) >= 11 is 0. The maximum Gasteiger partial charge on any atom is 0.237 e. The maximum absolute atomic E-state index is 12.2. The van der Waals surface area contributed by atoms with Crippen LogP contribution >= 0.6 is 0 Å². The van der Waals surface area contributed by atoms with E-state index in [0.29, 0.717) is 13.0 Å². The van der Waals surface area contributed by atoms with E-state index >= 15 is 0 Å². The lowest BCUT2D eigenvalue weighted by Gasteiger charge is -2.14. The Morgan fingerprint density at radius 2 is 2.00 bits per heavy atom. The van der Waals surface area contributed by atoms with Crippen molar-refractivity contribution in [2.75, 3.05) is 20.1 Å². The van der Waals surface area contributed by atoms with E-state index in [9.17, 15) is 9.59 Å². The highest BCUT2D eigenvalue weighted by Gasteiger charge is 2.38. The van der Waals surface area contributed by atoms with Crippen molar-refractivity contribution in [1.82, 2.24) is 10.2 Å². The number of hydrogen-bond acceptors (Lipinski definition) is 3. The smallest absolute Gasteiger partial charge is 0.237 e. The number of amides is 2. The number of likely N-dealkylation sites (tertiary alicyclic amines) is 1. The minimum atomic E-state index is -0.284. The van der Waals surface area contributed by atoms with Crippen LogP contribution in [0.3, 0.4) is 0 Å². The van der Waals surface area contributed by atoms with Crippen LogP contribution in [0.25, 0.3) is 0 Å². The van der Waals surface area contributed by atoms with Crippen molar-refractivity contribution in [3.8, 4) is 0 Å². The summed E-state index contributed by atoms with van der Waals surface area (Å²) in [6.45, 7) is 1.33. The van der Waals surface area contributed by atoms with E-state index in [2.05, 4.69) is 5.32 Å². The van der Waals surface area contributed by atoms with E-state index < -0.39 is 0 Å². The third-order valence-corrected chi connectivity index (χ3v) is 3.25. The van der Waals surface area contributed by atoms with Gasteiger partial charge in [-0.05, 0) is 25.6 Å². The Morgan fingerprint density at radius 1 is 1.28 bits per heavy atom. The van der Waals surface area contributed by atoms with Gasteiger partial charge in [0.05, 0.1) is 5.92 Å². The molecule has 0 saturated carbocycles. The molecular formula is C14H18N2O2. The van der Waals surface area contributed by atoms with Gasteiger partial charge in [0.1, 0.15) is 0 Å². The molecule has 1 unspecified atom stereocenters. The second-order valence-corrected chi connectivity index (χ2v) is 4.51. The van der Waals surface area contributed by atoms with Gasteiger partial charge < -0.3 is 5.32 Å². The van der Waals surface area contributed by atoms with Gasteiger partial charge in [-0.3, -0.25) is 14.5 Å². The summed E-state index contributed by atoms with van der Waals surface area (Å²) in [6, 6.07) is 9.53. The van der Waals surface area contributed by atoms with E-state index in [-0.39, 0.29) is 17.7 Å². The number of rotatable bonds is 5. The summed E-state index contributed by atoms with van der Waals surface area (Å²) in [5, 5.41) is 3.01. The summed E-state index contributed by atoms with van der Waals surface area (Å²) < 4.78 is 0. The molecule has 1 heterocycles. The van der Waals surface area contributed by atoms with Crippen LogP contribution in [0.2, 0.25) is 0 Å². The first-order valence-corrected chi connectivity index (χ1v) is 6.28. The minimum Gasteiger partial charge on any atom is -0.320 e. The molecule has 1 fully saturated rings. The summed E-state index contributed by atoms with van der Waals surface area (Å²) in [7, 11) is 1.86. The Morgan fingerprint density at radius 3 is 2.67 bits per heavy atom. The number of carbonyl (C=O) groups excluding carboxylic acids is 2. The number of carbonyl (C=O) groups is 2. The molecule has 0 aromatic heterocycles. The van der Waals surface area contributed by atoms with E-state index in [1.54, 1.807) is 0 Å². The molecule has 0 aliphatic carbocycles. The van der Waals surface area contributed by atoms with Gasteiger partial charge in [-0.25, -0.2) is 0 Å². The molecule has 0 bridgehead atoms. The standard InChI is InChI=1S/C14H18N2O2/c1-15-8-5-9-16-13(17)10-12(14(16)18)11-6-3-2-4-7-11/h2-4,6-7,12,15H,5,8-10H2,1H3. The molecule has 0 radical (unpaired) electrons. The predicted octanol–water partition coefficient (Wildman–Crippen LogP) is 1.14. The summed E-state index contributed by atoms with van der Waals surface area (Å²) in [5.41, 5.74) is 0.937. The monoisotopic (exact) mass is 246 g/mol. The molecule has 18 heavy (non-hydrogen) atoms. The fraction of sp³-hybridized carbons (Fsp3) is 0.429. The molecule has 1 aromatic rings. The third kappa shape index (κ3) is 2.59. The zero-order valence-corrected chi connectivity index (χ0v) is 10.6. The van der Waals surface area contributed by atoms with Gasteiger partial charge in [0.25, 0.3) is 0 Å². The van der Waals surface area contributed by atoms with Gasteiger partial charge in [-0.2, -0.15) is 0 Å². The third-order valence-electron chi connectivity index (χ3n) is 3.25. The number of nitrogens with zero attached hydrogens (tertiary/aromatic N) is 1. The Hall–Kier alpha value is -1.68. The molecule has 4 nitrogen and oxygen atoms in total. The normalized spacial score (nSPS) is 19.6. The molecule has 0 spiro atoms. The van der Waals surface area contributed by atoms with Crippen molar-refractivity contribution in [2.45, 2.75) is 18.8 Å². The lowest BCUT2D eigenvalue weighted by Crippen LogP contribution is -2.32. The van der Waals surface area contributed by atoms with Crippen LogP contribution in [0.15, 0.2) is 30.3 Å². The van der Waals surface area contributed by atoms with E-state index in [4.69, 9.17) is 0 Å². The fourth-order valence-corrected chi connectivity index (χ4v) is 2.28. The summed E-state index contributed by atoms with van der Waals surface area (Å²) in [6.07, 6.45) is 1.11. The van der Waals surface area contributed by atoms with Gasteiger partial charge in [0.15, 0.2) is 0 Å². The Bertz CT molecular complexity index is 431. The Balaban J connectivity index is 2.05. The molecule has 2 amide bonds. The second kappa shape index (κ2) is 5.78. The predicted molar refractivity (Wildman–Crippen MR) is 69.1 cm³/mol. The molecular weight excluding hydrogens is 228 g/mol. The van der Waals surface area contributed by atoms with Crippen LogP contribution < -0.4 is 5.32 Å². The Labute approximate surface area is 107 Å². The van der Waals surface area contributed by atoms with Gasteiger partial charge in [-0.1, -0.05) is 30.3 Å². The lowest BCUT2D eigenvalue weighted by atomic mass is 9.98. The van der Waals surface area contributed by atoms with E-state index in [0.717, 1.165) is 18.5 Å². The average Bonchev–Trinajstić information content (AvgIpc) is 2.68. The zero-order valence-electron chi connectivity index (χ0n) is 10.6. The van der Waals surface area contributed by atoms with Gasteiger partial charge in [0, 0.05) is 13.0 Å². The summed E-state index contributed by atoms with van der Waals surface area (Å²) in [5.74, 6) is -0.388. The molecule has 96 valence electrons. The van der Waals surface area contributed by atoms with Crippen molar-refractivity contribution in [1.29, 1.82) is 0 Å². The summed E-state index contributed by atoms with van der Waals surface area (Å²) in [4.78, 5) is 25.4. The van der Waals surface area contributed by atoms with Crippen molar-refractivity contribution >= 4 is 11.8 Å². The second-order valence-electron chi connectivity index (χ2n) is 4.51. The minimum absolute atomic E-state index is 0.0510. The molecule has 2 rings (SSSR count). The molecule has 1 aromatic carbocycles. The average molecular weight is 246 g/mol. The van der Waals surface area contributed by atoms with Crippen molar-refractivity contribution < 1.29 is 9.59 Å². The topological polar surface area (TPSA) is 49.4 Å². The van der Waals surface area contributed by atoms with Crippen molar-refractivity contribution in [3.05, 3.63) is 35.9 Å². The van der Waals surface area contributed by atoms with Crippen LogP contribution in [-0.4, -0.2) is 36.9 Å². The molecule has 1 atom stereocenters. The number of hydrogen-bond donors (Lipinski definition) is 1. The fourth-order valence-electron chi connectivity index (χ4n) is 2.28. The lowest BCUT2D eigenvalue weighted by molar-refractivity contribution is -0.138. The van der Waals surface area contributed by atoms with Gasteiger partial charge >= 0.3 is 0 Å². The molecule has 4 heteroatoms. The zero-order chi connectivity index (χ0) is 13.0. The van der Waals surface area contributed by atoms with Crippen LogP contribution in [0.5, 0.6) is 0 Å². The quantitative estimate of drug-likeness (QED) is 0.626. The van der Waals surface area contributed by atoms with Gasteiger partial charge in [0.2, 0.25) is 11.8 Å². The highest BCUT2D eigenvalue weighted by atomic mass is 16.2. The first kappa shape index (κ1) is 12.8. The van der Waals surface area contributed by atoms with Crippen LogP contribution in [-0.2, 0) is 9.59 Å². The molecule has 1 N–H and O–H groups in total. The van der Waals surface area contributed by atoms with E-state index in [1.165, 1.54) is 4.90 Å². The van der Waals surface area contributed by atoms with Crippen molar-refractivity contribution in [3.63, 3.8) is 0 Å². The van der Waals surface area contributed by atoms with Crippen molar-refractivity contribution in [2.24, 2.45) is 0 Å². The van der Waals surface area contributed by atoms with Crippen LogP contribution in [0, 0.1) is 0 Å². The Kier molecular flexibility index (Phi) is 4.10. The number of nitrogens with one attached hydrogen (secondary N) is 1. The maximum atomic E-state index is 12.2. The number of imide groups is 1. The highest BCUT2D eigenvalue weighted by Crippen LogP contribution is 2.29. The first-order chi connectivity index (χ1) is 8.74.